The summed E-state index contributed by atoms with van der Waals surface area (Å²) in [4.78, 5) is 13.5. The molecule has 1 rings (SSSR count). The fraction of sp³-hybridized carbons (Fsp3) is 0.900. The molecular formula is C10H20N2O. The van der Waals surface area contributed by atoms with Crippen LogP contribution in [0.3, 0.4) is 0 Å². The molecule has 3 nitrogen and oxygen atoms in total. The number of nitrogens with zero attached hydrogens (tertiary/aromatic N) is 1. The smallest absolute Gasteiger partial charge is 0.223 e. The van der Waals surface area contributed by atoms with Crippen LogP contribution in [0, 0.1) is 11.8 Å². The maximum Gasteiger partial charge on any atom is 0.223 e. The number of carbonyl (C=O) groups is 1. The van der Waals surface area contributed by atoms with Gasteiger partial charge in [-0.25, -0.2) is 0 Å². The summed E-state index contributed by atoms with van der Waals surface area (Å²) in [6.45, 7) is 7.89. The average Bonchev–Trinajstić information content (AvgIpc) is 2.45. The third-order valence-electron chi connectivity index (χ3n) is 3.03. The first-order chi connectivity index (χ1) is 6.06. The van der Waals surface area contributed by atoms with Crippen molar-refractivity contribution >= 4 is 5.91 Å². The summed E-state index contributed by atoms with van der Waals surface area (Å²) in [5, 5.41) is 0. The van der Waals surface area contributed by atoms with Gasteiger partial charge in [0.15, 0.2) is 0 Å². The first kappa shape index (κ1) is 10.5. The monoisotopic (exact) mass is 184 g/mol. The van der Waals surface area contributed by atoms with Crippen LogP contribution in [-0.2, 0) is 4.79 Å². The van der Waals surface area contributed by atoms with Gasteiger partial charge in [0.05, 0.1) is 0 Å². The number of hydrogen-bond donors (Lipinski definition) is 1. The fourth-order valence-corrected chi connectivity index (χ4v) is 1.72. The summed E-state index contributed by atoms with van der Waals surface area (Å²) in [7, 11) is 0. The van der Waals surface area contributed by atoms with Crippen LogP contribution in [0.1, 0.15) is 27.2 Å². The standard InChI is InChI=1S/C10H20N2O/c1-7(2)8(3)12-6-9(5-11)4-10(12)13/h7-9H,4-6,11H2,1-3H3. The molecular weight excluding hydrogens is 164 g/mol. The molecule has 2 unspecified atom stereocenters. The van der Waals surface area contributed by atoms with Gasteiger partial charge in [-0.3, -0.25) is 4.79 Å². The molecule has 0 aromatic carbocycles. The minimum atomic E-state index is 0.275. The molecule has 1 aliphatic rings. The van der Waals surface area contributed by atoms with Gasteiger partial charge in [0.1, 0.15) is 0 Å². The lowest BCUT2D eigenvalue weighted by atomic mass is 10.1. The fourth-order valence-electron chi connectivity index (χ4n) is 1.72. The first-order valence-corrected chi connectivity index (χ1v) is 5.05. The van der Waals surface area contributed by atoms with E-state index in [-0.39, 0.29) is 5.91 Å². The van der Waals surface area contributed by atoms with Crippen molar-refractivity contribution in [2.45, 2.75) is 33.2 Å². The molecule has 1 amide bonds. The molecule has 1 fully saturated rings. The van der Waals surface area contributed by atoms with Crippen molar-refractivity contribution in [3.05, 3.63) is 0 Å². The van der Waals surface area contributed by atoms with Crippen LogP contribution in [-0.4, -0.2) is 29.9 Å². The zero-order valence-electron chi connectivity index (χ0n) is 8.79. The predicted octanol–water partition coefficient (Wildman–Crippen LogP) is 0.838. The van der Waals surface area contributed by atoms with Crippen molar-refractivity contribution in [2.24, 2.45) is 17.6 Å². The number of amides is 1. The largest absolute Gasteiger partial charge is 0.339 e. The van der Waals surface area contributed by atoms with Crippen molar-refractivity contribution in [3.8, 4) is 0 Å². The highest BCUT2D eigenvalue weighted by atomic mass is 16.2. The number of hydrogen-bond acceptors (Lipinski definition) is 2. The van der Waals surface area contributed by atoms with Gasteiger partial charge in [-0.1, -0.05) is 13.8 Å². The highest BCUT2D eigenvalue weighted by Crippen LogP contribution is 2.22. The molecule has 2 N–H and O–H groups in total. The molecule has 0 radical (unpaired) electrons. The van der Waals surface area contributed by atoms with E-state index in [1.807, 2.05) is 4.90 Å². The summed E-state index contributed by atoms with van der Waals surface area (Å²) in [5.41, 5.74) is 5.56. The molecule has 1 aliphatic heterocycles. The normalized spacial score (nSPS) is 25.8. The molecule has 76 valence electrons. The Balaban J connectivity index is 2.57. The Morgan fingerprint density at radius 2 is 2.15 bits per heavy atom. The van der Waals surface area contributed by atoms with Gasteiger partial charge in [-0.15, -0.1) is 0 Å². The Kier molecular flexibility index (Phi) is 3.31. The van der Waals surface area contributed by atoms with Crippen LogP contribution in [0.2, 0.25) is 0 Å². The Labute approximate surface area is 80.3 Å². The van der Waals surface area contributed by atoms with Crippen LogP contribution in [0.4, 0.5) is 0 Å². The van der Waals surface area contributed by atoms with E-state index in [1.54, 1.807) is 0 Å². The van der Waals surface area contributed by atoms with E-state index in [1.165, 1.54) is 0 Å². The van der Waals surface area contributed by atoms with Gasteiger partial charge in [-0.05, 0) is 25.3 Å². The quantitative estimate of drug-likeness (QED) is 0.706. The zero-order chi connectivity index (χ0) is 10.0. The van der Waals surface area contributed by atoms with E-state index < -0.39 is 0 Å². The number of nitrogens with two attached hydrogens (primary N) is 1. The van der Waals surface area contributed by atoms with E-state index in [0.717, 1.165) is 6.54 Å². The molecule has 1 heterocycles. The maximum absolute atomic E-state index is 11.6. The lowest BCUT2D eigenvalue weighted by Gasteiger charge is -2.27. The molecule has 0 spiro atoms. The minimum Gasteiger partial charge on any atom is -0.339 e. The second-order valence-electron chi connectivity index (χ2n) is 4.34. The molecule has 3 heteroatoms. The van der Waals surface area contributed by atoms with E-state index in [2.05, 4.69) is 20.8 Å². The Bertz CT molecular complexity index is 191. The topological polar surface area (TPSA) is 46.3 Å². The summed E-state index contributed by atoms with van der Waals surface area (Å²) in [6, 6.07) is 0.351. The molecule has 13 heavy (non-hydrogen) atoms. The molecule has 0 aromatic heterocycles. The molecule has 0 bridgehead atoms. The minimum absolute atomic E-state index is 0.275. The second-order valence-corrected chi connectivity index (χ2v) is 4.34. The summed E-state index contributed by atoms with van der Waals surface area (Å²) in [5.74, 6) is 1.19. The number of likely N-dealkylation sites (tertiary alicyclic amines) is 1. The molecule has 0 aliphatic carbocycles. The van der Waals surface area contributed by atoms with E-state index >= 15 is 0 Å². The molecule has 2 atom stereocenters. The summed E-state index contributed by atoms with van der Waals surface area (Å²) >= 11 is 0. The third-order valence-corrected chi connectivity index (χ3v) is 3.03. The van der Waals surface area contributed by atoms with Gasteiger partial charge in [0, 0.05) is 19.0 Å². The highest BCUT2D eigenvalue weighted by molar-refractivity contribution is 5.79. The van der Waals surface area contributed by atoms with Gasteiger partial charge in [0.2, 0.25) is 5.91 Å². The van der Waals surface area contributed by atoms with E-state index in [4.69, 9.17) is 5.73 Å². The van der Waals surface area contributed by atoms with Gasteiger partial charge in [-0.2, -0.15) is 0 Å². The van der Waals surface area contributed by atoms with Gasteiger partial charge < -0.3 is 10.6 Å². The zero-order valence-corrected chi connectivity index (χ0v) is 8.79. The number of rotatable bonds is 3. The first-order valence-electron chi connectivity index (χ1n) is 5.05. The SMILES string of the molecule is CC(C)C(C)N1CC(CN)CC1=O. The van der Waals surface area contributed by atoms with Crippen LogP contribution < -0.4 is 5.73 Å². The third kappa shape index (κ3) is 2.21. The average molecular weight is 184 g/mol. The lowest BCUT2D eigenvalue weighted by Crippen LogP contribution is -2.38. The highest BCUT2D eigenvalue weighted by Gasteiger charge is 2.32. The molecule has 1 saturated heterocycles. The molecule has 0 saturated carbocycles. The van der Waals surface area contributed by atoms with E-state index in [0.29, 0.717) is 30.8 Å². The maximum atomic E-state index is 11.6. The van der Waals surface area contributed by atoms with Crippen molar-refractivity contribution < 1.29 is 4.79 Å². The summed E-state index contributed by atoms with van der Waals surface area (Å²) < 4.78 is 0. The summed E-state index contributed by atoms with van der Waals surface area (Å²) in [6.07, 6.45) is 0.646. The van der Waals surface area contributed by atoms with Crippen LogP contribution in [0.15, 0.2) is 0 Å². The van der Waals surface area contributed by atoms with Crippen LogP contribution in [0.25, 0.3) is 0 Å². The Hall–Kier alpha value is -0.570. The predicted molar refractivity (Wildman–Crippen MR) is 53.2 cm³/mol. The van der Waals surface area contributed by atoms with Crippen molar-refractivity contribution in [2.75, 3.05) is 13.1 Å². The number of carbonyl (C=O) groups excluding carboxylic acids is 1. The van der Waals surface area contributed by atoms with Gasteiger partial charge in [0.25, 0.3) is 0 Å². The van der Waals surface area contributed by atoms with Crippen molar-refractivity contribution in [1.29, 1.82) is 0 Å². The Morgan fingerprint density at radius 3 is 2.54 bits per heavy atom. The Morgan fingerprint density at radius 1 is 1.54 bits per heavy atom. The van der Waals surface area contributed by atoms with Crippen LogP contribution >= 0.6 is 0 Å². The van der Waals surface area contributed by atoms with E-state index in [9.17, 15) is 4.79 Å². The van der Waals surface area contributed by atoms with Crippen molar-refractivity contribution in [3.63, 3.8) is 0 Å². The second kappa shape index (κ2) is 4.09. The van der Waals surface area contributed by atoms with Gasteiger partial charge >= 0.3 is 0 Å². The van der Waals surface area contributed by atoms with Crippen LogP contribution in [0.5, 0.6) is 0 Å². The lowest BCUT2D eigenvalue weighted by molar-refractivity contribution is -0.130. The van der Waals surface area contributed by atoms with Crippen molar-refractivity contribution in [1.82, 2.24) is 4.90 Å². The molecule has 0 aromatic rings.